The third-order valence-corrected chi connectivity index (χ3v) is 4.27. The fourth-order valence-corrected chi connectivity index (χ4v) is 2.88. The van der Waals surface area contributed by atoms with E-state index in [2.05, 4.69) is 0 Å². The van der Waals surface area contributed by atoms with Crippen LogP contribution in [0.4, 0.5) is 5.69 Å². The van der Waals surface area contributed by atoms with Gasteiger partial charge in [0.05, 0.1) is 42.5 Å². The number of nitro benzene ring substituents is 1. The first-order valence-electron chi connectivity index (χ1n) is 8.10. The summed E-state index contributed by atoms with van der Waals surface area (Å²) in [5.41, 5.74) is 0.0340. The van der Waals surface area contributed by atoms with Gasteiger partial charge in [-0.1, -0.05) is 0 Å². The Morgan fingerprint density at radius 2 is 1.36 bits per heavy atom. The highest BCUT2D eigenvalue weighted by molar-refractivity contribution is 6.07. The lowest BCUT2D eigenvalue weighted by atomic mass is 10.0. The highest BCUT2D eigenvalue weighted by Gasteiger charge is 2.28. The van der Waals surface area contributed by atoms with Gasteiger partial charge in [0.2, 0.25) is 0 Å². The molecule has 0 saturated carbocycles. The Morgan fingerprint density at radius 1 is 0.880 bits per heavy atom. The molecule has 0 aliphatic carbocycles. The molecule has 9 heteroatoms. The molecule has 2 heterocycles. The lowest BCUT2D eigenvalue weighted by Gasteiger charge is -2.29. The minimum Gasteiger partial charge on any atom is -0.378 e. The Kier molecular flexibility index (Phi) is 5.25. The molecule has 0 aromatic heterocycles. The van der Waals surface area contributed by atoms with E-state index in [1.165, 1.54) is 18.2 Å². The van der Waals surface area contributed by atoms with E-state index in [0.717, 1.165) is 0 Å². The second-order valence-electron chi connectivity index (χ2n) is 5.80. The van der Waals surface area contributed by atoms with E-state index in [1.807, 2.05) is 0 Å². The number of hydrogen-bond donors (Lipinski definition) is 0. The van der Waals surface area contributed by atoms with E-state index >= 15 is 0 Å². The summed E-state index contributed by atoms with van der Waals surface area (Å²) < 4.78 is 10.5. The van der Waals surface area contributed by atoms with Crippen molar-refractivity contribution in [2.45, 2.75) is 0 Å². The van der Waals surface area contributed by atoms with Crippen LogP contribution in [-0.2, 0) is 9.47 Å². The number of amides is 2. The highest BCUT2D eigenvalue weighted by atomic mass is 16.6. The van der Waals surface area contributed by atoms with Gasteiger partial charge in [-0.05, 0) is 6.07 Å². The number of ether oxygens (including phenoxy) is 2. The van der Waals surface area contributed by atoms with Gasteiger partial charge in [0.15, 0.2) is 0 Å². The Hall–Kier alpha value is -2.52. The molecule has 0 spiro atoms. The van der Waals surface area contributed by atoms with E-state index in [4.69, 9.17) is 9.47 Å². The summed E-state index contributed by atoms with van der Waals surface area (Å²) in [4.78, 5) is 39.3. The molecule has 0 unspecified atom stereocenters. The van der Waals surface area contributed by atoms with Crippen LogP contribution in [0.1, 0.15) is 20.7 Å². The number of carbonyl (C=O) groups excluding carboxylic acids is 2. The van der Waals surface area contributed by atoms with Crippen LogP contribution in [0.15, 0.2) is 18.2 Å². The van der Waals surface area contributed by atoms with Gasteiger partial charge in [-0.15, -0.1) is 0 Å². The van der Waals surface area contributed by atoms with Crippen molar-refractivity contribution < 1.29 is 24.0 Å². The molecule has 9 nitrogen and oxygen atoms in total. The predicted octanol–water partition coefficient (Wildman–Crippen LogP) is 0.540. The maximum absolute atomic E-state index is 12.8. The molecule has 2 amide bonds. The van der Waals surface area contributed by atoms with Gasteiger partial charge in [-0.3, -0.25) is 19.7 Å². The van der Waals surface area contributed by atoms with Gasteiger partial charge in [0, 0.05) is 38.3 Å². The van der Waals surface area contributed by atoms with Gasteiger partial charge in [-0.25, -0.2) is 0 Å². The molecule has 2 fully saturated rings. The number of non-ortho nitro benzene ring substituents is 1. The minimum atomic E-state index is -0.570. The number of nitrogens with zero attached hydrogens (tertiary/aromatic N) is 3. The van der Waals surface area contributed by atoms with E-state index in [0.29, 0.717) is 52.6 Å². The third kappa shape index (κ3) is 3.77. The summed E-state index contributed by atoms with van der Waals surface area (Å²) in [6.07, 6.45) is 0. The van der Waals surface area contributed by atoms with Gasteiger partial charge in [0.1, 0.15) is 0 Å². The van der Waals surface area contributed by atoms with E-state index in [-0.39, 0.29) is 28.6 Å². The molecule has 0 atom stereocenters. The molecule has 134 valence electrons. The Labute approximate surface area is 144 Å². The zero-order valence-electron chi connectivity index (χ0n) is 13.7. The van der Waals surface area contributed by atoms with Gasteiger partial charge >= 0.3 is 0 Å². The first-order valence-corrected chi connectivity index (χ1v) is 8.10. The van der Waals surface area contributed by atoms with Crippen LogP contribution in [0.5, 0.6) is 0 Å². The lowest BCUT2D eigenvalue weighted by molar-refractivity contribution is -0.384. The first-order chi connectivity index (χ1) is 12.1. The van der Waals surface area contributed by atoms with Crippen molar-refractivity contribution in [3.63, 3.8) is 0 Å². The fourth-order valence-electron chi connectivity index (χ4n) is 2.88. The van der Waals surface area contributed by atoms with Crippen LogP contribution in [0.25, 0.3) is 0 Å². The van der Waals surface area contributed by atoms with Gasteiger partial charge in [-0.2, -0.15) is 0 Å². The first kappa shape index (κ1) is 17.3. The lowest BCUT2D eigenvalue weighted by Crippen LogP contribution is -2.43. The summed E-state index contributed by atoms with van der Waals surface area (Å²) >= 11 is 0. The predicted molar refractivity (Wildman–Crippen MR) is 86.5 cm³/mol. The number of carbonyl (C=O) groups is 2. The van der Waals surface area contributed by atoms with Crippen molar-refractivity contribution >= 4 is 17.5 Å². The van der Waals surface area contributed by atoms with E-state index in [9.17, 15) is 19.7 Å². The Bertz CT molecular complexity index is 680. The topological polar surface area (TPSA) is 102 Å². The average molecular weight is 349 g/mol. The largest absolute Gasteiger partial charge is 0.378 e. The summed E-state index contributed by atoms with van der Waals surface area (Å²) in [5.74, 6) is -0.696. The normalized spacial score (nSPS) is 18.1. The molecule has 2 aliphatic rings. The molecule has 0 radical (unpaired) electrons. The standard InChI is InChI=1S/C16H19N3O6/c20-15(17-3-7-24-8-4-17)13-2-1-12(19(22)23)11-14(13)16(21)18-5-9-25-10-6-18/h1-2,11H,3-10H2. The van der Waals surface area contributed by atoms with Crippen LogP contribution in [0.3, 0.4) is 0 Å². The number of hydrogen-bond acceptors (Lipinski definition) is 6. The molecular weight excluding hydrogens is 330 g/mol. The molecule has 0 N–H and O–H groups in total. The van der Waals surface area contributed by atoms with Crippen molar-refractivity contribution in [1.82, 2.24) is 9.80 Å². The maximum Gasteiger partial charge on any atom is 0.270 e. The van der Waals surface area contributed by atoms with Gasteiger partial charge < -0.3 is 19.3 Å². The zero-order valence-corrected chi connectivity index (χ0v) is 13.7. The van der Waals surface area contributed by atoms with Crippen molar-refractivity contribution in [3.05, 3.63) is 39.4 Å². The minimum absolute atomic E-state index is 0.0626. The molecule has 0 bridgehead atoms. The molecular formula is C16H19N3O6. The Balaban J connectivity index is 1.94. The summed E-state index contributed by atoms with van der Waals surface area (Å²) in [7, 11) is 0. The number of nitro groups is 1. The second kappa shape index (κ2) is 7.58. The summed E-state index contributed by atoms with van der Waals surface area (Å²) in [5, 5.41) is 11.1. The van der Waals surface area contributed by atoms with Crippen LogP contribution in [0, 0.1) is 10.1 Å². The van der Waals surface area contributed by atoms with Crippen molar-refractivity contribution in [1.29, 1.82) is 0 Å². The third-order valence-electron chi connectivity index (χ3n) is 4.27. The summed E-state index contributed by atoms with van der Waals surface area (Å²) in [6, 6.07) is 3.80. The van der Waals surface area contributed by atoms with Gasteiger partial charge in [0.25, 0.3) is 17.5 Å². The number of morpholine rings is 2. The Morgan fingerprint density at radius 3 is 1.84 bits per heavy atom. The van der Waals surface area contributed by atoms with Crippen LogP contribution < -0.4 is 0 Å². The second-order valence-corrected chi connectivity index (χ2v) is 5.80. The molecule has 2 saturated heterocycles. The monoisotopic (exact) mass is 349 g/mol. The molecule has 2 aliphatic heterocycles. The smallest absolute Gasteiger partial charge is 0.270 e. The number of benzene rings is 1. The fraction of sp³-hybridized carbons (Fsp3) is 0.500. The van der Waals surface area contributed by atoms with Crippen LogP contribution >= 0.6 is 0 Å². The quantitative estimate of drug-likeness (QED) is 0.583. The molecule has 1 aromatic carbocycles. The van der Waals surface area contributed by atoms with Crippen molar-refractivity contribution in [3.8, 4) is 0 Å². The van der Waals surface area contributed by atoms with E-state index in [1.54, 1.807) is 9.80 Å². The zero-order chi connectivity index (χ0) is 17.8. The maximum atomic E-state index is 12.8. The van der Waals surface area contributed by atoms with Crippen LogP contribution in [0.2, 0.25) is 0 Å². The number of rotatable bonds is 3. The SMILES string of the molecule is O=C(c1ccc([N+](=O)[O-])cc1C(=O)N1CCOCC1)N1CCOCC1. The van der Waals surface area contributed by atoms with Crippen molar-refractivity contribution in [2.24, 2.45) is 0 Å². The average Bonchev–Trinajstić information content (AvgIpc) is 2.67. The molecule has 25 heavy (non-hydrogen) atoms. The summed E-state index contributed by atoms with van der Waals surface area (Å²) in [6.45, 7) is 3.35. The van der Waals surface area contributed by atoms with Crippen molar-refractivity contribution in [2.75, 3.05) is 52.6 Å². The van der Waals surface area contributed by atoms with E-state index < -0.39 is 4.92 Å². The molecule has 1 aromatic rings. The molecule has 3 rings (SSSR count). The van der Waals surface area contributed by atoms with Crippen LogP contribution in [-0.4, -0.2) is 79.1 Å². The highest BCUT2D eigenvalue weighted by Crippen LogP contribution is 2.22.